The zero-order valence-electron chi connectivity index (χ0n) is 9.30. The zero-order chi connectivity index (χ0) is 12.2. The predicted octanol–water partition coefficient (Wildman–Crippen LogP) is 3.24. The van der Waals surface area contributed by atoms with E-state index >= 15 is 0 Å². The largest absolute Gasteiger partial charge is 0.389 e. The van der Waals surface area contributed by atoms with Crippen molar-refractivity contribution in [3.05, 3.63) is 24.0 Å². The Balaban J connectivity index is 2.41. The maximum absolute atomic E-state index is 11.9. The molecule has 0 spiro atoms. The fourth-order valence-corrected chi connectivity index (χ4v) is 1.52. The van der Waals surface area contributed by atoms with Crippen LogP contribution in [0.3, 0.4) is 0 Å². The molecule has 0 aliphatic heterocycles. The van der Waals surface area contributed by atoms with Gasteiger partial charge in [-0.05, 0) is 24.5 Å². The summed E-state index contributed by atoms with van der Waals surface area (Å²) in [5.41, 5.74) is 6.79. The van der Waals surface area contributed by atoms with Gasteiger partial charge in [0, 0.05) is 31.4 Å². The molecule has 0 aliphatic rings. The number of nitrogens with zero attached hydrogens (tertiary/aromatic N) is 1. The Morgan fingerprint density at radius 1 is 1.44 bits per heavy atom. The monoisotopic (exact) mass is 234 g/mol. The number of aromatic nitrogens is 1. The lowest BCUT2D eigenvalue weighted by molar-refractivity contribution is -0.135. The molecule has 0 fully saturated rings. The van der Waals surface area contributed by atoms with Crippen LogP contribution in [0.4, 0.5) is 13.2 Å². The molecule has 1 rings (SSSR count). The van der Waals surface area contributed by atoms with Crippen molar-refractivity contribution >= 4 is 0 Å². The zero-order valence-corrected chi connectivity index (χ0v) is 9.30. The van der Waals surface area contributed by atoms with Crippen LogP contribution in [-0.2, 0) is 6.54 Å². The van der Waals surface area contributed by atoms with E-state index in [1.165, 1.54) is 0 Å². The van der Waals surface area contributed by atoms with Gasteiger partial charge >= 0.3 is 6.18 Å². The van der Waals surface area contributed by atoms with E-state index in [1.54, 1.807) is 10.8 Å². The van der Waals surface area contributed by atoms with E-state index < -0.39 is 12.6 Å². The van der Waals surface area contributed by atoms with Crippen LogP contribution in [0.15, 0.2) is 18.5 Å². The highest BCUT2D eigenvalue weighted by molar-refractivity contribution is 5.14. The molecule has 0 saturated heterocycles. The molecule has 1 heterocycles. The van der Waals surface area contributed by atoms with Crippen molar-refractivity contribution in [2.75, 3.05) is 0 Å². The van der Waals surface area contributed by atoms with E-state index in [9.17, 15) is 13.2 Å². The lowest BCUT2D eigenvalue weighted by atomic mass is 10.1. The van der Waals surface area contributed by atoms with Crippen molar-refractivity contribution < 1.29 is 13.2 Å². The first kappa shape index (κ1) is 13.1. The van der Waals surface area contributed by atoms with Gasteiger partial charge < -0.3 is 10.3 Å². The quantitative estimate of drug-likeness (QED) is 0.833. The van der Waals surface area contributed by atoms with Crippen molar-refractivity contribution in [3.63, 3.8) is 0 Å². The molecule has 5 heteroatoms. The third kappa shape index (κ3) is 4.26. The molecule has 0 radical (unpaired) electrons. The van der Waals surface area contributed by atoms with Gasteiger partial charge in [0.2, 0.25) is 0 Å². The van der Waals surface area contributed by atoms with Crippen LogP contribution in [0.2, 0.25) is 0 Å². The molecule has 0 saturated carbocycles. The molecule has 0 aromatic carbocycles. The van der Waals surface area contributed by atoms with Crippen molar-refractivity contribution in [2.45, 2.75) is 44.9 Å². The number of hydrogen-bond donors (Lipinski definition) is 1. The smallest absolute Gasteiger partial charge is 0.354 e. The van der Waals surface area contributed by atoms with E-state index in [1.807, 2.05) is 19.2 Å². The molecule has 1 aromatic rings. The van der Waals surface area contributed by atoms with Gasteiger partial charge in [0.05, 0.1) is 0 Å². The molecule has 2 N–H and O–H groups in total. The molecule has 0 amide bonds. The topological polar surface area (TPSA) is 30.9 Å². The summed E-state index contributed by atoms with van der Waals surface area (Å²) in [4.78, 5) is 0. The Labute approximate surface area is 93.2 Å². The van der Waals surface area contributed by atoms with Gasteiger partial charge in [0.1, 0.15) is 0 Å². The van der Waals surface area contributed by atoms with Crippen molar-refractivity contribution in [2.24, 2.45) is 5.73 Å². The van der Waals surface area contributed by atoms with Gasteiger partial charge in [-0.1, -0.05) is 6.92 Å². The Morgan fingerprint density at radius 2 is 2.12 bits per heavy atom. The molecular formula is C11H17F3N2. The molecule has 0 aliphatic carbocycles. The van der Waals surface area contributed by atoms with E-state index in [0.717, 1.165) is 12.0 Å². The minimum Gasteiger partial charge on any atom is -0.354 e. The summed E-state index contributed by atoms with van der Waals surface area (Å²) in [7, 11) is 0. The van der Waals surface area contributed by atoms with E-state index in [2.05, 4.69) is 0 Å². The van der Waals surface area contributed by atoms with Crippen LogP contribution in [0.1, 0.15) is 37.8 Å². The van der Waals surface area contributed by atoms with Crippen LogP contribution in [0.5, 0.6) is 0 Å². The average molecular weight is 234 g/mol. The summed E-state index contributed by atoms with van der Waals surface area (Å²) in [6.07, 6.45) is -0.256. The van der Waals surface area contributed by atoms with Gasteiger partial charge in [-0.3, -0.25) is 0 Å². The lowest BCUT2D eigenvalue weighted by Crippen LogP contribution is -2.09. The maximum Gasteiger partial charge on any atom is 0.389 e. The van der Waals surface area contributed by atoms with Crippen LogP contribution in [-0.4, -0.2) is 10.7 Å². The van der Waals surface area contributed by atoms with E-state index in [0.29, 0.717) is 6.54 Å². The molecule has 16 heavy (non-hydrogen) atoms. The predicted molar refractivity (Wildman–Crippen MR) is 56.9 cm³/mol. The maximum atomic E-state index is 11.9. The van der Waals surface area contributed by atoms with Crippen molar-refractivity contribution in [1.29, 1.82) is 0 Å². The van der Waals surface area contributed by atoms with Crippen LogP contribution in [0.25, 0.3) is 0 Å². The summed E-state index contributed by atoms with van der Waals surface area (Å²) >= 11 is 0. The van der Waals surface area contributed by atoms with Gasteiger partial charge in [-0.25, -0.2) is 0 Å². The molecule has 1 unspecified atom stereocenters. The highest BCUT2D eigenvalue weighted by Gasteiger charge is 2.25. The number of hydrogen-bond acceptors (Lipinski definition) is 1. The van der Waals surface area contributed by atoms with Gasteiger partial charge in [0.15, 0.2) is 0 Å². The molecule has 2 nitrogen and oxygen atoms in total. The normalized spacial score (nSPS) is 14.1. The Hall–Kier alpha value is -0.970. The minimum atomic E-state index is -4.06. The third-order valence-corrected chi connectivity index (χ3v) is 2.52. The average Bonchev–Trinajstić information content (AvgIpc) is 2.63. The van der Waals surface area contributed by atoms with Crippen LogP contribution >= 0.6 is 0 Å². The van der Waals surface area contributed by atoms with E-state index in [4.69, 9.17) is 5.73 Å². The SMILES string of the molecule is CCC(N)c1ccn(CCCC(F)(F)F)c1. The number of aryl methyl sites for hydroxylation is 1. The second-order valence-electron chi connectivity index (χ2n) is 3.92. The first-order valence-electron chi connectivity index (χ1n) is 5.40. The number of alkyl halides is 3. The highest BCUT2D eigenvalue weighted by atomic mass is 19.4. The van der Waals surface area contributed by atoms with E-state index in [-0.39, 0.29) is 12.5 Å². The highest BCUT2D eigenvalue weighted by Crippen LogP contribution is 2.22. The van der Waals surface area contributed by atoms with Crippen LogP contribution < -0.4 is 5.73 Å². The molecule has 0 bridgehead atoms. The summed E-state index contributed by atoms with van der Waals surface area (Å²) in [5.74, 6) is 0. The summed E-state index contributed by atoms with van der Waals surface area (Å²) in [5, 5.41) is 0. The Bertz CT molecular complexity index is 317. The Morgan fingerprint density at radius 3 is 2.69 bits per heavy atom. The van der Waals surface area contributed by atoms with Gasteiger partial charge in [-0.15, -0.1) is 0 Å². The van der Waals surface area contributed by atoms with Crippen molar-refractivity contribution in [3.8, 4) is 0 Å². The van der Waals surface area contributed by atoms with Gasteiger partial charge in [0.25, 0.3) is 0 Å². The fraction of sp³-hybridized carbons (Fsp3) is 0.636. The third-order valence-electron chi connectivity index (χ3n) is 2.52. The number of rotatable bonds is 5. The first-order chi connectivity index (χ1) is 7.42. The molecule has 92 valence electrons. The Kier molecular flexibility index (Phi) is 4.41. The second kappa shape index (κ2) is 5.39. The lowest BCUT2D eigenvalue weighted by Gasteiger charge is -2.07. The summed E-state index contributed by atoms with van der Waals surface area (Å²) < 4.78 is 37.5. The summed E-state index contributed by atoms with van der Waals surface area (Å²) in [6.45, 7) is 2.36. The molecule has 1 atom stereocenters. The second-order valence-corrected chi connectivity index (χ2v) is 3.92. The van der Waals surface area contributed by atoms with Gasteiger partial charge in [-0.2, -0.15) is 13.2 Å². The minimum absolute atomic E-state index is 0.0242. The summed E-state index contributed by atoms with van der Waals surface area (Å²) in [6, 6.07) is 1.84. The number of nitrogens with two attached hydrogens (primary N) is 1. The standard InChI is InChI=1S/C11H17F3N2/c1-2-10(15)9-4-7-16(8-9)6-3-5-11(12,13)14/h4,7-8,10H,2-3,5-6,15H2,1H3. The number of halogens is 3. The van der Waals surface area contributed by atoms with Crippen LogP contribution in [0, 0.1) is 0 Å². The van der Waals surface area contributed by atoms with Crippen molar-refractivity contribution in [1.82, 2.24) is 4.57 Å². The molecule has 1 aromatic heterocycles. The first-order valence-corrected chi connectivity index (χ1v) is 5.40. The molecular weight excluding hydrogens is 217 g/mol. The fourth-order valence-electron chi connectivity index (χ4n) is 1.52.